The van der Waals surface area contributed by atoms with Gasteiger partial charge in [-0.15, -0.1) is 11.8 Å². The minimum absolute atomic E-state index is 0.149. The Hall–Kier alpha value is -2.51. The number of aromatic nitrogens is 1. The lowest BCUT2D eigenvalue weighted by Crippen LogP contribution is -2.19. The number of nitrogens with zero attached hydrogens (tertiary/aromatic N) is 2. The van der Waals surface area contributed by atoms with Crippen molar-refractivity contribution in [3.05, 3.63) is 76.0 Å². The number of methoxy groups -OCH3 is 1. The van der Waals surface area contributed by atoms with E-state index < -0.39 is 0 Å². The Labute approximate surface area is 183 Å². The Kier molecular flexibility index (Phi) is 7.17. The minimum atomic E-state index is -0.149. The van der Waals surface area contributed by atoms with E-state index in [9.17, 15) is 4.79 Å². The first-order valence-corrected chi connectivity index (χ1v) is 10.8. The number of ether oxygens (including phenoxy) is 1. The van der Waals surface area contributed by atoms with Gasteiger partial charge < -0.3 is 9.30 Å². The summed E-state index contributed by atoms with van der Waals surface area (Å²) in [5, 5.41) is 4.13. The van der Waals surface area contributed by atoms with Crippen LogP contribution in [0.15, 0.2) is 69.1 Å². The lowest BCUT2D eigenvalue weighted by molar-refractivity contribution is -0.118. The molecule has 1 aromatic heterocycles. The van der Waals surface area contributed by atoms with E-state index in [-0.39, 0.29) is 5.91 Å². The van der Waals surface area contributed by atoms with Crippen molar-refractivity contribution >= 4 is 39.8 Å². The number of thioether (sulfide) groups is 1. The van der Waals surface area contributed by atoms with E-state index >= 15 is 0 Å². The zero-order valence-corrected chi connectivity index (χ0v) is 18.9. The smallest absolute Gasteiger partial charge is 0.250 e. The molecule has 0 fully saturated rings. The van der Waals surface area contributed by atoms with E-state index in [1.165, 1.54) is 11.8 Å². The number of carbonyl (C=O) groups excluding carboxylic acids is 1. The van der Waals surface area contributed by atoms with Crippen LogP contribution in [0.1, 0.15) is 17.0 Å². The van der Waals surface area contributed by atoms with E-state index in [2.05, 4.69) is 56.1 Å². The molecule has 1 heterocycles. The third kappa shape index (κ3) is 5.52. The van der Waals surface area contributed by atoms with Crippen LogP contribution >= 0.6 is 27.7 Å². The second-order valence-corrected chi connectivity index (χ2v) is 8.36. The molecular formula is C22H22BrN3O2S. The molecule has 0 spiro atoms. The lowest BCUT2D eigenvalue weighted by Gasteiger charge is -2.09. The molecule has 0 radical (unpaired) electrons. The maximum absolute atomic E-state index is 12.1. The van der Waals surface area contributed by atoms with Crippen LogP contribution in [-0.2, 0) is 4.79 Å². The quantitative estimate of drug-likeness (QED) is 0.296. The Bertz CT molecular complexity index is 1010. The van der Waals surface area contributed by atoms with E-state index in [0.717, 1.165) is 37.8 Å². The van der Waals surface area contributed by atoms with Crippen LogP contribution in [0.3, 0.4) is 0 Å². The fraction of sp³-hybridized carbons (Fsp3) is 0.182. The van der Waals surface area contributed by atoms with Crippen LogP contribution in [0, 0.1) is 13.8 Å². The molecule has 0 atom stereocenters. The molecule has 3 rings (SSSR count). The number of amides is 1. The van der Waals surface area contributed by atoms with Crippen LogP contribution in [-0.4, -0.2) is 29.6 Å². The molecule has 5 nitrogen and oxygen atoms in total. The summed E-state index contributed by atoms with van der Waals surface area (Å²) in [7, 11) is 1.63. The molecule has 7 heteroatoms. The summed E-state index contributed by atoms with van der Waals surface area (Å²) in [5.74, 6) is 0.939. The number of hydrazone groups is 1. The van der Waals surface area contributed by atoms with Gasteiger partial charge in [0.1, 0.15) is 5.75 Å². The molecule has 3 aromatic rings. The number of carbonyl (C=O) groups is 1. The highest BCUT2D eigenvalue weighted by Crippen LogP contribution is 2.22. The van der Waals surface area contributed by atoms with Crippen molar-refractivity contribution < 1.29 is 9.53 Å². The van der Waals surface area contributed by atoms with Crippen LogP contribution in [0.25, 0.3) is 5.69 Å². The Morgan fingerprint density at radius 2 is 1.86 bits per heavy atom. The molecule has 150 valence electrons. The number of halogens is 1. The number of hydrogen-bond acceptors (Lipinski definition) is 4. The van der Waals surface area contributed by atoms with Crippen molar-refractivity contribution in [2.75, 3.05) is 12.9 Å². The van der Waals surface area contributed by atoms with E-state index in [1.54, 1.807) is 13.3 Å². The molecule has 0 aliphatic heterocycles. The number of nitrogens with one attached hydrogen (secondary N) is 1. The summed E-state index contributed by atoms with van der Waals surface area (Å²) in [5.41, 5.74) is 6.82. The average Bonchev–Trinajstić information content (AvgIpc) is 3.01. The molecule has 0 saturated heterocycles. The Morgan fingerprint density at radius 3 is 2.52 bits per heavy atom. The monoisotopic (exact) mass is 471 g/mol. The van der Waals surface area contributed by atoms with Crippen LogP contribution in [0.5, 0.6) is 5.75 Å². The molecule has 0 unspecified atom stereocenters. The molecule has 1 N–H and O–H groups in total. The fourth-order valence-electron chi connectivity index (χ4n) is 2.93. The van der Waals surface area contributed by atoms with Gasteiger partial charge in [0.15, 0.2) is 0 Å². The third-order valence-electron chi connectivity index (χ3n) is 4.38. The summed E-state index contributed by atoms with van der Waals surface area (Å²) in [6.07, 6.45) is 1.69. The van der Waals surface area contributed by atoms with Crippen molar-refractivity contribution in [1.29, 1.82) is 0 Å². The van der Waals surface area contributed by atoms with Gasteiger partial charge in [-0.05, 0) is 68.4 Å². The van der Waals surface area contributed by atoms with Crippen LogP contribution in [0.2, 0.25) is 0 Å². The van der Waals surface area contributed by atoms with Gasteiger partial charge in [0.05, 0.1) is 19.1 Å². The van der Waals surface area contributed by atoms with Gasteiger partial charge in [0.2, 0.25) is 5.91 Å². The van der Waals surface area contributed by atoms with E-state index in [1.807, 2.05) is 43.3 Å². The number of aryl methyl sites for hydroxylation is 1. The summed E-state index contributed by atoms with van der Waals surface area (Å²) in [6.45, 7) is 4.09. The zero-order chi connectivity index (χ0) is 20.8. The zero-order valence-electron chi connectivity index (χ0n) is 16.5. The van der Waals surface area contributed by atoms with Crippen molar-refractivity contribution in [3.8, 4) is 11.4 Å². The molecule has 2 aromatic carbocycles. The number of rotatable bonds is 7. The Morgan fingerprint density at radius 1 is 1.17 bits per heavy atom. The van der Waals surface area contributed by atoms with Gasteiger partial charge in [-0.3, -0.25) is 4.79 Å². The third-order valence-corrected chi connectivity index (χ3v) is 5.92. The topological polar surface area (TPSA) is 55.6 Å². The predicted molar refractivity (Wildman–Crippen MR) is 122 cm³/mol. The summed E-state index contributed by atoms with van der Waals surface area (Å²) >= 11 is 4.92. The molecule has 29 heavy (non-hydrogen) atoms. The average molecular weight is 472 g/mol. The van der Waals surface area contributed by atoms with Crippen LogP contribution < -0.4 is 10.2 Å². The van der Waals surface area contributed by atoms with Crippen molar-refractivity contribution in [1.82, 2.24) is 9.99 Å². The van der Waals surface area contributed by atoms with Gasteiger partial charge in [0, 0.05) is 32.0 Å². The van der Waals surface area contributed by atoms with Gasteiger partial charge in [-0.1, -0.05) is 15.9 Å². The normalized spacial score (nSPS) is 11.0. The highest BCUT2D eigenvalue weighted by molar-refractivity contribution is 9.10. The van der Waals surface area contributed by atoms with Crippen LogP contribution in [0.4, 0.5) is 0 Å². The maximum Gasteiger partial charge on any atom is 0.250 e. The van der Waals surface area contributed by atoms with Crippen molar-refractivity contribution in [2.24, 2.45) is 5.10 Å². The summed E-state index contributed by atoms with van der Waals surface area (Å²) in [4.78, 5) is 13.1. The van der Waals surface area contributed by atoms with Gasteiger partial charge >= 0.3 is 0 Å². The van der Waals surface area contributed by atoms with E-state index in [4.69, 9.17) is 4.74 Å². The predicted octanol–water partition coefficient (Wildman–Crippen LogP) is 5.11. The maximum atomic E-state index is 12.1. The second-order valence-electron chi connectivity index (χ2n) is 6.40. The summed E-state index contributed by atoms with van der Waals surface area (Å²) in [6, 6.07) is 17.8. The highest BCUT2D eigenvalue weighted by Gasteiger charge is 2.09. The Balaban J connectivity index is 1.59. The fourth-order valence-corrected chi connectivity index (χ4v) is 3.89. The summed E-state index contributed by atoms with van der Waals surface area (Å²) < 4.78 is 8.34. The highest BCUT2D eigenvalue weighted by atomic mass is 79.9. The van der Waals surface area contributed by atoms with E-state index in [0.29, 0.717) is 5.75 Å². The molecular weight excluding hydrogens is 450 g/mol. The van der Waals surface area contributed by atoms with Crippen molar-refractivity contribution in [2.45, 2.75) is 18.7 Å². The minimum Gasteiger partial charge on any atom is -0.497 e. The second kappa shape index (κ2) is 9.80. The van der Waals surface area contributed by atoms with Gasteiger partial charge in [-0.2, -0.15) is 5.10 Å². The standard InChI is InChI=1S/C22H22BrN3O2S/c1-15-12-17(16(2)26(15)19-6-4-18(23)5-7-19)13-24-25-22(27)14-29-21-10-8-20(28-3)9-11-21/h4-13H,14H2,1-3H3,(H,25,27)/b24-13+. The molecule has 0 aliphatic carbocycles. The van der Waals surface area contributed by atoms with Gasteiger partial charge in [-0.25, -0.2) is 5.43 Å². The first kappa shape index (κ1) is 21.2. The van der Waals surface area contributed by atoms with Gasteiger partial charge in [0.25, 0.3) is 0 Å². The SMILES string of the molecule is COc1ccc(SCC(=O)N/N=C/c2cc(C)n(-c3ccc(Br)cc3)c2C)cc1. The molecule has 0 bridgehead atoms. The lowest BCUT2D eigenvalue weighted by atomic mass is 10.2. The first-order chi connectivity index (χ1) is 14.0. The largest absolute Gasteiger partial charge is 0.497 e. The molecule has 0 aliphatic rings. The number of benzene rings is 2. The van der Waals surface area contributed by atoms with Crippen molar-refractivity contribution in [3.63, 3.8) is 0 Å². The molecule has 0 saturated carbocycles. The first-order valence-electron chi connectivity index (χ1n) is 9.01. The number of hydrogen-bond donors (Lipinski definition) is 1. The molecule has 1 amide bonds.